The lowest BCUT2D eigenvalue weighted by molar-refractivity contribution is -0.116. The molecule has 1 aromatic heterocycles. The van der Waals surface area contributed by atoms with Crippen LogP contribution in [0, 0.1) is 11.3 Å². The van der Waals surface area contributed by atoms with Gasteiger partial charge in [-0.2, -0.15) is 5.26 Å². The molecular formula is C17H23BrClN3O2S2. The fourth-order valence-electron chi connectivity index (χ4n) is 2.30. The summed E-state index contributed by atoms with van der Waals surface area (Å²) in [6.45, 7) is 3.82. The lowest BCUT2D eigenvalue weighted by Gasteiger charge is -2.29. The maximum Gasteiger partial charge on any atom is 0.177 e. The molecule has 0 fully saturated rings. The number of nitriles is 1. The maximum atomic E-state index is 12.7. The molecule has 0 saturated carbocycles. The monoisotopic (exact) mass is 479 g/mol. The number of Topliss-reactive ketones (excluding diaryl/α,β-unsaturated/α-hetero) is 1. The Kier molecular flexibility index (Phi) is 9.65. The molecule has 0 aliphatic carbocycles. The van der Waals surface area contributed by atoms with E-state index < -0.39 is 16.9 Å². The first-order valence-corrected chi connectivity index (χ1v) is 11.4. The van der Waals surface area contributed by atoms with Gasteiger partial charge in [0.05, 0.1) is 8.81 Å². The first kappa shape index (κ1) is 23.5. The maximum absolute atomic E-state index is 12.7. The summed E-state index contributed by atoms with van der Waals surface area (Å²) in [5.74, 6) is 0.160. The number of nitrogens with zero attached hydrogens (tertiary/aromatic N) is 2. The van der Waals surface area contributed by atoms with E-state index >= 15 is 0 Å². The summed E-state index contributed by atoms with van der Waals surface area (Å²) in [6.07, 6.45) is 3.21. The Morgan fingerprint density at radius 3 is 2.73 bits per heavy atom. The molecule has 1 N–H and O–H groups in total. The molecule has 0 bridgehead atoms. The van der Waals surface area contributed by atoms with E-state index in [0.717, 1.165) is 16.6 Å². The molecule has 0 saturated heterocycles. The van der Waals surface area contributed by atoms with Crippen molar-refractivity contribution in [3.8, 4) is 6.07 Å². The second-order valence-electron chi connectivity index (χ2n) is 6.28. The highest BCUT2D eigenvalue weighted by Gasteiger charge is 2.38. The van der Waals surface area contributed by atoms with E-state index in [0.29, 0.717) is 15.7 Å². The molecular weight excluding hydrogens is 458 g/mol. The average Bonchev–Trinajstić information content (AvgIpc) is 2.89. The van der Waals surface area contributed by atoms with Crippen LogP contribution in [0.4, 0.5) is 0 Å². The van der Waals surface area contributed by atoms with Crippen LogP contribution >= 0.6 is 38.9 Å². The van der Waals surface area contributed by atoms with Crippen LogP contribution in [-0.4, -0.2) is 35.1 Å². The van der Waals surface area contributed by atoms with Gasteiger partial charge in [0, 0.05) is 43.0 Å². The Morgan fingerprint density at radius 2 is 2.27 bits per heavy atom. The molecule has 1 heterocycles. The van der Waals surface area contributed by atoms with Gasteiger partial charge in [0.2, 0.25) is 0 Å². The number of unbranched alkanes of at least 4 members (excludes halogenated alkanes) is 1. The SMILES string of the molecule is CCCC[S+]([O-])N[C@@](C)(CC(=O)/C(C#N)=C/N(C)C)c1sc(Br)cc1Cl. The lowest BCUT2D eigenvalue weighted by atomic mass is 9.92. The third kappa shape index (κ3) is 6.87. The molecule has 9 heteroatoms. The second kappa shape index (κ2) is 10.7. The number of ketones is 1. The minimum absolute atomic E-state index is 0.0230. The first-order chi connectivity index (χ1) is 12.1. The van der Waals surface area contributed by atoms with E-state index in [1.807, 2.05) is 13.0 Å². The van der Waals surface area contributed by atoms with Crippen LogP contribution in [0.25, 0.3) is 0 Å². The molecule has 1 aromatic rings. The van der Waals surface area contributed by atoms with Crippen molar-refractivity contribution in [3.63, 3.8) is 0 Å². The highest BCUT2D eigenvalue weighted by Crippen LogP contribution is 2.40. The average molecular weight is 481 g/mol. The van der Waals surface area contributed by atoms with Gasteiger partial charge in [0.1, 0.15) is 22.9 Å². The van der Waals surface area contributed by atoms with E-state index in [9.17, 15) is 14.6 Å². The predicted molar refractivity (Wildman–Crippen MR) is 112 cm³/mol. The molecule has 1 unspecified atom stereocenters. The van der Waals surface area contributed by atoms with Crippen molar-refractivity contribution in [1.82, 2.24) is 9.62 Å². The van der Waals surface area contributed by atoms with Gasteiger partial charge in [0.25, 0.3) is 0 Å². The third-order valence-electron chi connectivity index (χ3n) is 3.50. The van der Waals surface area contributed by atoms with E-state index in [4.69, 9.17) is 11.6 Å². The molecule has 0 aliphatic heterocycles. The van der Waals surface area contributed by atoms with Gasteiger partial charge in [-0.1, -0.05) is 24.9 Å². The Balaban J connectivity index is 3.18. The van der Waals surface area contributed by atoms with Gasteiger partial charge in [-0.15, -0.1) is 16.1 Å². The van der Waals surface area contributed by atoms with Crippen LogP contribution in [0.15, 0.2) is 21.6 Å². The van der Waals surface area contributed by atoms with Gasteiger partial charge in [-0.25, -0.2) is 0 Å². The molecule has 0 amide bonds. The number of carbonyl (C=O) groups is 1. The molecule has 26 heavy (non-hydrogen) atoms. The zero-order valence-electron chi connectivity index (χ0n) is 15.3. The number of hydrogen-bond donors (Lipinski definition) is 1. The van der Waals surface area contributed by atoms with E-state index in [2.05, 4.69) is 20.7 Å². The van der Waals surface area contributed by atoms with Crippen molar-refractivity contribution in [2.45, 2.75) is 38.6 Å². The van der Waals surface area contributed by atoms with E-state index in [1.54, 1.807) is 32.0 Å². The standard InChI is InChI=1S/C17H23BrClN3O2S2/c1-5-6-7-26(24)21-17(2,16-13(19)8-15(18)25-16)9-14(23)12(10-20)11-22(3)4/h8,11,21H,5-7,9H2,1-4H3/b12-11+/t17-,26?/m0/s1. The Morgan fingerprint density at radius 1 is 1.62 bits per heavy atom. The Bertz CT molecular complexity index is 703. The van der Waals surface area contributed by atoms with Crippen molar-refractivity contribution in [3.05, 3.63) is 31.5 Å². The molecule has 2 atom stereocenters. The summed E-state index contributed by atoms with van der Waals surface area (Å²) < 4.78 is 16.3. The second-order valence-corrected chi connectivity index (χ2v) is 10.4. The van der Waals surface area contributed by atoms with Crippen molar-refractivity contribution in [1.29, 1.82) is 5.26 Å². The normalized spacial score (nSPS) is 15.2. The Hall–Kier alpha value is -0.560. The fraction of sp³-hybridized carbons (Fsp3) is 0.529. The number of nitrogens with one attached hydrogen (secondary N) is 1. The van der Waals surface area contributed by atoms with Crippen LogP contribution < -0.4 is 4.72 Å². The van der Waals surface area contributed by atoms with Crippen LogP contribution in [-0.2, 0) is 21.7 Å². The van der Waals surface area contributed by atoms with Crippen LogP contribution in [0.3, 0.4) is 0 Å². The van der Waals surface area contributed by atoms with Gasteiger partial charge >= 0.3 is 0 Å². The minimum atomic E-state index is -1.31. The Labute approximate surface area is 175 Å². The highest BCUT2D eigenvalue weighted by molar-refractivity contribution is 9.11. The number of halogens is 2. The zero-order chi connectivity index (χ0) is 19.9. The van der Waals surface area contributed by atoms with Gasteiger partial charge in [-0.05, 0) is 35.3 Å². The summed E-state index contributed by atoms with van der Waals surface area (Å²) >= 11 is 9.81. The molecule has 0 radical (unpaired) electrons. The summed E-state index contributed by atoms with van der Waals surface area (Å²) in [4.78, 5) is 15.1. The number of rotatable bonds is 10. The topological polar surface area (TPSA) is 79.2 Å². The van der Waals surface area contributed by atoms with Crippen LogP contribution in [0.5, 0.6) is 0 Å². The van der Waals surface area contributed by atoms with Crippen molar-refractivity contribution in [2.75, 3.05) is 19.8 Å². The largest absolute Gasteiger partial charge is 0.598 e. The van der Waals surface area contributed by atoms with Gasteiger partial charge in [-0.3, -0.25) is 4.79 Å². The van der Waals surface area contributed by atoms with E-state index in [1.165, 1.54) is 17.5 Å². The number of allylic oxidation sites excluding steroid dienone is 1. The van der Waals surface area contributed by atoms with Crippen LogP contribution in [0.1, 0.15) is 38.0 Å². The molecule has 0 spiro atoms. The van der Waals surface area contributed by atoms with Crippen LogP contribution in [0.2, 0.25) is 5.02 Å². The van der Waals surface area contributed by atoms with Crippen molar-refractivity contribution < 1.29 is 9.35 Å². The van der Waals surface area contributed by atoms with Gasteiger partial charge < -0.3 is 9.45 Å². The summed E-state index contributed by atoms with van der Waals surface area (Å²) in [6, 6.07) is 3.69. The van der Waals surface area contributed by atoms with Gasteiger partial charge in [0.15, 0.2) is 5.78 Å². The highest BCUT2D eigenvalue weighted by atomic mass is 79.9. The minimum Gasteiger partial charge on any atom is -0.598 e. The molecule has 0 aliphatic rings. The van der Waals surface area contributed by atoms with Crippen molar-refractivity contribution >= 4 is 56.0 Å². The molecule has 5 nitrogen and oxygen atoms in total. The zero-order valence-corrected chi connectivity index (χ0v) is 19.2. The van der Waals surface area contributed by atoms with Crippen molar-refractivity contribution in [2.24, 2.45) is 0 Å². The lowest BCUT2D eigenvalue weighted by Crippen LogP contribution is -2.45. The molecule has 0 aromatic carbocycles. The fourth-order valence-corrected chi connectivity index (χ4v) is 5.91. The summed E-state index contributed by atoms with van der Waals surface area (Å²) in [7, 11) is 3.49. The molecule has 1 rings (SSSR count). The third-order valence-corrected chi connectivity index (χ3v) is 7.15. The van der Waals surface area contributed by atoms with E-state index in [-0.39, 0.29) is 17.8 Å². The number of carbonyl (C=O) groups excluding carboxylic acids is 1. The quantitative estimate of drug-likeness (QED) is 0.306. The number of thiophene rings is 1. The molecule has 144 valence electrons. The summed E-state index contributed by atoms with van der Waals surface area (Å²) in [5.41, 5.74) is -0.889. The predicted octanol–water partition coefficient (Wildman–Crippen LogP) is 4.36. The first-order valence-electron chi connectivity index (χ1n) is 8.06. The summed E-state index contributed by atoms with van der Waals surface area (Å²) in [5, 5.41) is 9.79. The smallest absolute Gasteiger partial charge is 0.177 e. The number of hydrogen-bond acceptors (Lipinski definition) is 6.